The maximum atomic E-state index is 11.0. The minimum absolute atomic E-state index is 0.285. The molecular formula is C22H33N3O4S. The number of rotatable bonds is 7. The molecule has 0 saturated carbocycles. The van der Waals surface area contributed by atoms with Gasteiger partial charge in [-0.05, 0) is 57.1 Å². The Bertz CT molecular complexity index is 850. The Balaban J connectivity index is 1.58. The Morgan fingerprint density at radius 2 is 1.87 bits per heavy atom. The summed E-state index contributed by atoms with van der Waals surface area (Å²) in [5, 5.41) is 9.74. The molecule has 2 heterocycles. The molecule has 0 amide bonds. The normalized spacial score (nSPS) is 24.0. The number of benzene rings is 1. The van der Waals surface area contributed by atoms with Crippen LogP contribution in [-0.2, 0) is 21.3 Å². The van der Waals surface area contributed by atoms with Crippen molar-refractivity contribution in [2.75, 3.05) is 43.4 Å². The fourth-order valence-corrected chi connectivity index (χ4v) is 5.30. The van der Waals surface area contributed by atoms with E-state index in [-0.39, 0.29) is 18.0 Å². The quantitative estimate of drug-likeness (QED) is 0.658. The molecule has 1 aromatic rings. The Hall–Kier alpha value is -1.66. The van der Waals surface area contributed by atoms with Crippen molar-refractivity contribution in [3.63, 3.8) is 0 Å². The third-order valence-corrected chi connectivity index (χ3v) is 6.86. The van der Waals surface area contributed by atoms with E-state index in [2.05, 4.69) is 29.7 Å². The molecule has 7 nitrogen and oxygen atoms in total. The molecule has 2 fully saturated rings. The standard InChI is InChI=1S/C22H33N3O4S/c1-17-14-24(15-18(2)29-17)16-19-8-10-25(11-9-19)22-7-3-5-20(21(22)13-23)6-4-12-30(26,27)28/h3,5,7,17-19H,4,6,8-12,14-16H2,1-2H3,(H,26,27,28). The van der Waals surface area contributed by atoms with Gasteiger partial charge >= 0.3 is 0 Å². The number of anilines is 1. The first-order chi connectivity index (χ1) is 14.2. The first-order valence-electron chi connectivity index (χ1n) is 10.8. The molecule has 1 N–H and O–H groups in total. The smallest absolute Gasteiger partial charge is 0.264 e. The van der Waals surface area contributed by atoms with Crippen molar-refractivity contribution in [2.24, 2.45) is 5.92 Å². The zero-order valence-electron chi connectivity index (χ0n) is 18.0. The highest BCUT2D eigenvalue weighted by atomic mass is 32.2. The van der Waals surface area contributed by atoms with Gasteiger partial charge in [0, 0.05) is 32.7 Å². The van der Waals surface area contributed by atoms with Gasteiger partial charge in [0.15, 0.2) is 0 Å². The lowest BCUT2D eigenvalue weighted by Crippen LogP contribution is -2.48. The summed E-state index contributed by atoms with van der Waals surface area (Å²) in [5.74, 6) is 0.369. The Kier molecular flexibility index (Phi) is 7.75. The van der Waals surface area contributed by atoms with E-state index < -0.39 is 10.1 Å². The number of ether oxygens (including phenoxy) is 1. The van der Waals surface area contributed by atoms with Gasteiger partial charge in [-0.15, -0.1) is 0 Å². The van der Waals surface area contributed by atoms with Gasteiger partial charge in [-0.25, -0.2) is 0 Å². The highest BCUT2D eigenvalue weighted by Gasteiger charge is 2.27. The molecule has 0 bridgehead atoms. The first-order valence-corrected chi connectivity index (χ1v) is 12.5. The topological polar surface area (TPSA) is 93.9 Å². The van der Waals surface area contributed by atoms with E-state index in [1.165, 1.54) is 0 Å². The van der Waals surface area contributed by atoms with E-state index in [0.717, 1.165) is 56.8 Å². The van der Waals surface area contributed by atoms with Crippen molar-refractivity contribution in [1.82, 2.24) is 4.90 Å². The summed E-state index contributed by atoms with van der Waals surface area (Å²) in [7, 11) is -3.98. The van der Waals surface area contributed by atoms with Crippen LogP contribution < -0.4 is 4.90 Å². The summed E-state index contributed by atoms with van der Waals surface area (Å²) in [4.78, 5) is 4.81. The molecule has 2 atom stereocenters. The summed E-state index contributed by atoms with van der Waals surface area (Å²) in [5.41, 5.74) is 2.41. The monoisotopic (exact) mass is 435 g/mol. The van der Waals surface area contributed by atoms with Gasteiger partial charge in [-0.1, -0.05) is 12.1 Å². The van der Waals surface area contributed by atoms with Crippen molar-refractivity contribution in [3.8, 4) is 6.07 Å². The molecule has 2 saturated heterocycles. The molecule has 0 aliphatic carbocycles. The van der Waals surface area contributed by atoms with Crippen LogP contribution in [0.25, 0.3) is 0 Å². The summed E-state index contributed by atoms with van der Waals surface area (Å²) in [6, 6.07) is 8.11. The Morgan fingerprint density at radius 1 is 1.20 bits per heavy atom. The van der Waals surface area contributed by atoms with Crippen molar-refractivity contribution in [1.29, 1.82) is 5.26 Å². The largest absolute Gasteiger partial charge is 0.373 e. The van der Waals surface area contributed by atoms with Crippen molar-refractivity contribution in [3.05, 3.63) is 29.3 Å². The van der Waals surface area contributed by atoms with Gasteiger partial charge in [-0.2, -0.15) is 13.7 Å². The number of hydrogen-bond acceptors (Lipinski definition) is 6. The third-order valence-electron chi connectivity index (χ3n) is 6.06. The molecule has 0 radical (unpaired) electrons. The molecule has 3 rings (SSSR count). The summed E-state index contributed by atoms with van der Waals surface area (Å²) in [6.45, 7) is 9.21. The van der Waals surface area contributed by atoms with E-state index in [9.17, 15) is 13.7 Å². The third kappa shape index (κ3) is 6.42. The second-order valence-corrected chi connectivity index (χ2v) is 10.3. The fraction of sp³-hybridized carbons (Fsp3) is 0.682. The van der Waals surface area contributed by atoms with Gasteiger partial charge in [0.1, 0.15) is 6.07 Å². The SMILES string of the molecule is CC1CN(CC2CCN(c3cccc(CCCS(=O)(=O)O)c3C#N)CC2)CC(C)O1. The summed E-state index contributed by atoms with van der Waals surface area (Å²) in [6.07, 6.45) is 3.53. The molecule has 2 aliphatic heterocycles. The minimum atomic E-state index is -3.98. The van der Waals surface area contributed by atoms with Crippen LogP contribution in [0.5, 0.6) is 0 Å². The number of nitriles is 1. The first kappa shape index (κ1) is 23.0. The fourth-order valence-electron chi connectivity index (χ4n) is 4.79. The average Bonchev–Trinajstić information content (AvgIpc) is 2.66. The predicted octanol–water partition coefficient (Wildman–Crippen LogP) is 2.70. The van der Waals surface area contributed by atoms with Crippen LogP contribution in [0.1, 0.15) is 44.2 Å². The number of hydrogen-bond donors (Lipinski definition) is 1. The lowest BCUT2D eigenvalue weighted by molar-refractivity contribution is -0.0720. The molecule has 166 valence electrons. The van der Waals surface area contributed by atoms with Crippen LogP contribution in [0.3, 0.4) is 0 Å². The molecule has 30 heavy (non-hydrogen) atoms. The van der Waals surface area contributed by atoms with E-state index in [1.807, 2.05) is 18.2 Å². The second kappa shape index (κ2) is 10.1. The number of aryl methyl sites for hydroxylation is 1. The molecule has 8 heteroatoms. The summed E-state index contributed by atoms with van der Waals surface area (Å²) < 4.78 is 36.7. The van der Waals surface area contributed by atoms with Crippen molar-refractivity contribution < 1.29 is 17.7 Å². The lowest BCUT2D eigenvalue weighted by Gasteiger charge is -2.40. The van der Waals surface area contributed by atoms with Crippen LogP contribution in [0.15, 0.2) is 18.2 Å². The van der Waals surface area contributed by atoms with Gasteiger partial charge in [0.2, 0.25) is 0 Å². The van der Waals surface area contributed by atoms with Crippen LogP contribution in [0.4, 0.5) is 5.69 Å². The van der Waals surface area contributed by atoms with E-state index >= 15 is 0 Å². The van der Waals surface area contributed by atoms with E-state index in [0.29, 0.717) is 24.3 Å². The zero-order valence-corrected chi connectivity index (χ0v) is 18.8. The second-order valence-electron chi connectivity index (χ2n) is 8.72. The van der Waals surface area contributed by atoms with Gasteiger partial charge in [0.25, 0.3) is 10.1 Å². The molecular weight excluding hydrogens is 402 g/mol. The lowest BCUT2D eigenvalue weighted by atomic mass is 9.94. The van der Waals surface area contributed by atoms with Crippen LogP contribution in [0.2, 0.25) is 0 Å². The predicted molar refractivity (Wildman–Crippen MR) is 117 cm³/mol. The Labute approximate surface area is 180 Å². The van der Waals surface area contributed by atoms with Crippen LogP contribution in [-0.4, -0.2) is 68.6 Å². The van der Waals surface area contributed by atoms with Gasteiger partial charge < -0.3 is 9.64 Å². The number of piperidine rings is 1. The van der Waals surface area contributed by atoms with Crippen molar-refractivity contribution in [2.45, 2.75) is 51.7 Å². The summed E-state index contributed by atoms with van der Waals surface area (Å²) >= 11 is 0. The molecule has 0 spiro atoms. The van der Waals surface area contributed by atoms with Crippen molar-refractivity contribution >= 4 is 15.8 Å². The van der Waals surface area contributed by atoms with Gasteiger partial charge in [-0.3, -0.25) is 9.45 Å². The molecule has 2 aliphatic rings. The van der Waals surface area contributed by atoms with E-state index in [4.69, 9.17) is 9.29 Å². The van der Waals surface area contributed by atoms with Crippen LogP contribution >= 0.6 is 0 Å². The maximum Gasteiger partial charge on any atom is 0.264 e. The number of morpholine rings is 1. The highest BCUT2D eigenvalue weighted by Crippen LogP contribution is 2.29. The zero-order chi connectivity index (χ0) is 21.7. The molecule has 2 unspecified atom stereocenters. The molecule has 1 aromatic carbocycles. The maximum absolute atomic E-state index is 11.0. The highest BCUT2D eigenvalue weighted by molar-refractivity contribution is 7.85. The average molecular weight is 436 g/mol. The Morgan fingerprint density at radius 3 is 2.47 bits per heavy atom. The molecule has 0 aromatic heterocycles. The number of nitrogens with zero attached hydrogens (tertiary/aromatic N) is 3. The van der Waals surface area contributed by atoms with Crippen LogP contribution in [0, 0.1) is 17.2 Å². The minimum Gasteiger partial charge on any atom is -0.373 e. The van der Waals surface area contributed by atoms with Gasteiger partial charge in [0.05, 0.1) is 29.2 Å². The van der Waals surface area contributed by atoms with E-state index in [1.54, 1.807) is 0 Å².